The fraction of sp³-hybridized carbons (Fsp3) is 0.286. The lowest BCUT2D eigenvalue weighted by atomic mass is 9.85. The fourth-order valence-corrected chi connectivity index (χ4v) is 4.93. The zero-order chi connectivity index (χ0) is 18.7. The van der Waals surface area contributed by atoms with Crippen LogP contribution in [0.5, 0.6) is 0 Å². The number of halogens is 1. The smallest absolute Gasteiger partial charge is 0.367 e. The Hall–Kier alpha value is -2.24. The zero-order valence-electron chi connectivity index (χ0n) is 15.2. The van der Waals surface area contributed by atoms with Gasteiger partial charge in [0.15, 0.2) is 0 Å². The van der Waals surface area contributed by atoms with E-state index in [2.05, 4.69) is 0 Å². The summed E-state index contributed by atoms with van der Waals surface area (Å²) < 4.78 is 25.8. The number of rotatable bonds is 5. The molecule has 0 N–H and O–H groups in total. The SMILES string of the molecule is CC(C)(C)[C@H]1OC(=O)C(F)=C1CO[Si](c1ccccc1)c1ccccc1. The Morgan fingerprint density at radius 2 is 1.50 bits per heavy atom. The van der Waals surface area contributed by atoms with Crippen LogP contribution in [0.1, 0.15) is 20.8 Å². The fourth-order valence-electron chi connectivity index (χ4n) is 2.98. The molecule has 1 aliphatic rings. The third kappa shape index (κ3) is 3.94. The molecule has 1 atom stereocenters. The molecule has 2 aromatic carbocycles. The van der Waals surface area contributed by atoms with Crippen LogP contribution in [0, 0.1) is 5.41 Å². The standard InChI is InChI=1S/C21H22FO3Si/c1-21(2,3)19-17(18(22)20(23)25-19)14-24-26(15-10-6-4-7-11-15)16-12-8-5-9-13-16/h4-13,19H,14H2,1-3H3/t19-/m0/s1. The lowest BCUT2D eigenvalue weighted by Crippen LogP contribution is -2.45. The predicted octanol–water partition coefficient (Wildman–Crippen LogP) is 3.00. The van der Waals surface area contributed by atoms with Crippen LogP contribution in [0.25, 0.3) is 0 Å². The van der Waals surface area contributed by atoms with E-state index in [-0.39, 0.29) is 6.61 Å². The Kier molecular flexibility index (Phi) is 5.39. The average molecular weight is 369 g/mol. The van der Waals surface area contributed by atoms with Crippen LogP contribution in [0.3, 0.4) is 0 Å². The molecule has 0 bridgehead atoms. The van der Waals surface area contributed by atoms with Crippen LogP contribution in [0.2, 0.25) is 0 Å². The van der Waals surface area contributed by atoms with Gasteiger partial charge in [0.25, 0.3) is 9.04 Å². The van der Waals surface area contributed by atoms with Crippen LogP contribution in [-0.2, 0) is 14.0 Å². The molecule has 1 radical (unpaired) electrons. The number of hydrogen-bond donors (Lipinski definition) is 0. The first kappa shape index (κ1) is 18.5. The van der Waals surface area contributed by atoms with Crippen LogP contribution in [0.15, 0.2) is 72.1 Å². The lowest BCUT2D eigenvalue weighted by Gasteiger charge is -2.28. The topological polar surface area (TPSA) is 35.5 Å². The van der Waals surface area contributed by atoms with Gasteiger partial charge in [0, 0.05) is 11.0 Å². The maximum absolute atomic E-state index is 14.4. The second-order valence-electron chi connectivity index (χ2n) is 7.34. The van der Waals surface area contributed by atoms with Gasteiger partial charge >= 0.3 is 5.97 Å². The quantitative estimate of drug-likeness (QED) is 0.600. The number of carbonyl (C=O) groups is 1. The van der Waals surface area contributed by atoms with Crippen molar-refractivity contribution in [2.45, 2.75) is 26.9 Å². The summed E-state index contributed by atoms with van der Waals surface area (Å²) in [5.41, 5.74) is -0.0916. The highest BCUT2D eigenvalue weighted by Gasteiger charge is 2.42. The highest BCUT2D eigenvalue weighted by atomic mass is 28.3. The summed E-state index contributed by atoms with van der Waals surface area (Å²) in [5.74, 6) is -1.70. The first-order valence-electron chi connectivity index (χ1n) is 8.58. The maximum Gasteiger partial charge on any atom is 0.367 e. The van der Waals surface area contributed by atoms with Gasteiger partial charge < -0.3 is 9.16 Å². The summed E-state index contributed by atoms with van der Waals surface area (Å²) in [7, 11) is -1.56. The minimum atomic E-state index is -1.56. The van der Waals surface area contributed by atoms with Gasteiger partial charge in [-0.2, -0.15) is 4.39 Å². The molecule has 3 rings (SSSR count). The molecule has 0 aromatic heterocycles. The van der Waals surface area contributed by atoms with Crippen molar-refractivity contribution in [3.05, 3.63) is 72.1 Å². The Morgan fingerprint density at radius 3 is 1.96 bits per heavy atom. The van der Waals surface area contributed by atoms with Gasteiger partial charge in [0.2, 0.25) is 5.83 Å². The first-order chi connectivity index (χ1) is 12.4. The Morgan fingerprint density at radius 1 is 1.00 bits per heavy atom. The molecule has 0 unspecified atom stereocenters. The maximum atomic E-state index is 14.4. The molecule has 0 saturated heterocycles. The summed E-state index contributed by atoms with van der Waals surface area (Å²) in [5, 5.41) is 2.14. The van der Waals surface area contributed by atoms with Crippen molar-refractivity contribution in [3.63, 3.8) is 0 Å². The molecular formula is C21H22FO3Si. The Bertz CT molecular complexity index is 758. The molecule has 0 aliphatic carbocycles. The van der Waals surface area contributed by atoms with Gasteiger partial charge in [-0.25, -0.2) is 4.79 Å². The van der Waals surface area contributed by atoms with Crippen LogP contribution in [-0.4, -0.2) is 27.7 Å². The zero-order valence-corrected chi connectivity index (χ0v) is 16.2. The van der Waals surface area contributed by atoms with E-state index in [0.29, 0.717) is 5.57 Å². The van der Waals surface area contributed by atoms with Gasteiger partial charge in [0.1, 0.15) is 6.10 Å². The molecule has 3 nitrogen and oxygen atoms in total. The van der Waals surface area contributed by atoms with E-state index in [0.717, 1.165) is 10.4 Å². The molecule has 2 aromatic rings. The molecule has 0 fully saturated rings. The Balaban J connectivity index is 1.87. The van der Waals surface area contributed by atoms with Crippen molar-refractivity contribution in [3.8, 4) is 0 Å². The second kappa shape index (κ2) is 7.56. The Labute approximate surface area is 155 Å². The van der Waals surface area contributed by atoms with E-state index < -0.39 is 32.4 Å². The molecule has 0 amide bonds. The van der Waals surface area contributed by atoms with Crippen molar-refractivity contribution in [1.82, 2.24) is 0 Å². The van der Waals surface area contributed by atoms with Crippen molar-refractivity contribution < 1.29 is 18.3 Å². The van der Waals surface area contributed by atoms with E-state index in [1.165, 1.54) is 0 Å². The largest absolute Gasteiger partial charge is 0.452 e. The van der Waals surface area contributed by atoms with E-state index in [1.807, 2.05) is 81.4 Å². The molecule has 0 saturated carbocycles. The van der Waals surface area contributed by atoms with E-state index in [9.17, 15) is 9.18 Å². The number of esters is 1. The third-order valence-corrected chi connectivity index (χ3v) is 6.38. The molecule has 1 aliphatic heterocycles. The normalized spacial score (nSPS) is 17.7. The second-order valence-corrected chi connectivity index (χ2v) is 9.44. The minimum Gasteiger partial charge on any atom is -0.452 e. The number of hydrogen-bond acceptors (Lipinski definition) is 3. The van der Waals surface area contributed by atoms with Gasteiger partial charge in [-0.1, -0.05) is 81.4 Å². The third-order valence-electron chi connectivity index (χ3n) is 4.23. The van der Waals surface area contributed by atoms with Gasteiger partial charge in [0.05, 0.1) is 6.61 Å². The molecule has 26 heavy (non-hydrogen) atoms. The van der Waals surface area contributed by atoms with Gasteiger partial charge in [-0.15, -0.1) is 0 Å². The summed E-state index contributed by atoms with van der Waals surface area (Å²) in [4.78, 5) is 11.7. The summed E-state index contributed by atoms with van der Waals surface area (Å²) in [6.07, 6.45) is -0.607. The molecule has 0 spiro atoms. The molecule has 135 valence electrons. The van der Waals surface area contributed by atoms with Crippen LogP contribution in [0.4, 0.5) is 4.39 Å². The number of carbonyl (C=O) groups excluding carboxylic acids is 1. The van der Waals surface area contributed by atoms with E-state index in [4.69, 9.17) is 9.16 Å². The summed E-state index contributed by atoms with van der Waals surface area (Å²) in [6.45, 7) is 5.80. The molecular weight excluding hydrogens is 347 g/mol. The highest BCUT2D eigenvalue weighted by molar-refractivity contribution is 6.80. The number of benzene rings is 2. The average Bonchev–Trinajstić information content (AvgIpc) is 2.92. The van der Waals surface area contributed by atoms with Gasteiger partial charge in [-0.05, 0) is 10.4 Å². The van der Waals surface area contributed by atoms with E-state index >= 15 is 0 Å². The lowest BCUT2D eigenvalue weighted by molar-refractivity contribution is -0.144. The molecule has 1 heterocycles. The number of ether oxygens (including phenoxy) is 1. The number of cyclic esters (lactones) is 1. The van der Waals surface area contributed by atoms with Crippen molar-refractivity contribution >= 4 is 25.4 Å². The van der Waals surface area contributed by atoms with Crippen molar-refractivity contribution in [2.75, 3.05) is 6.61 Å². The predicted molar refractivity (Wildman–Crippen MR) is 101 cm³/mol. The van der Waals surface area contributed by atoms with Crippen molar-refractivity contribution in [2.24, 2.45) is 5.41 Å². The van der Waals surface area contributed by atoms with E-state index in [1.54, 1.807) is 0 Å². The first-order valence-corrected chi connectivity index (χ1v) is 9.99. The van der Waals surface area contributed by atoms with Crippen molar-refractivity contribution in [1.29, 1.82) is 0 Å². The summed E-state index contributed by atoms with van der Waals surface area (Å²) in [6, 6.07) is 19.8. The highest BCUT2D eigenvalue weighted by Crippen LogP contribution is 2.35. The minimum absolute atomic E-state index is 0.0393. The monoisotopic (exact) mass is 369 g/mol. The van der Waals surface area contributed by atoms with Crippen LogP contribution < -0.4 is 10.4 Å². The van der Waals surface area contributed by atoms with Gasteiger partial charge in [-0.3, -0.25) is 0 Å². The van der Waals surface area contributed by atoms with Crippen LogP contribution >= 0.6 is 0 Å². The summed E-state index contributed by atoms with van der Waals surface area (Å²) >= 11 is 0. The molecule has 5 heteroatoms.